The van der Waals surface area contributed by atoms with Crippen LogP contribution in [0.25, 0.3) is 0 Å². The second-order valence-electron chi connectivity index (χ2n) is 6.77. The summed E-state index contributed by atoms with van der Waals surface area (Å²) in [6.07, 6.45) is 2.14. The number of amides is 3. The summed E-state index contributed by atoms with van der Waals surface area (Å²) in [5, 5.41) is 16.6. The zero-order valence-corrected chi connectivity index (χ0v) is 15.4. The second kappa shape index (κ2) is 8.15. The molecule has 1 atom stereocenters. The van der Waals surface area contributed by atoms with Crippen LogP contribution in [0.2, 0.25) is 0 Å². The lowest BCUT2D eigenvalue weighted by Gasteiger charge is -2.18. The number of nitrogens with zero attached hydrogens (tertiary/aromatic N) is 3. The predicted octanol–water partition coefficient (Wildman–Crippen LogP) is 1.01. The van der Waals surface area contributed by atoms with E-state index in [1.807, 2.05) is 4.90 Å². The van der Waals surface area contributed by atoms with E-state index in [4.69, 9.17) is 0 Å². The summed E-state index contributed by atoms with van der Waals surface area (Å²) in [6, 6.07) is 4.43. The summed E-state index contributed by atoms with van der Waals surface area (Å²) in [5.41, 5.74) is 0.595. The average Bonchev–Trinajstić information content (AvgIpc) is 3.20. The molecule has 1 fully saturated rings. The first-order valence-electron chi connectivity index (χ1n) is 9.10. The number of nitro benzene ring substituents is 1. The molecule has 2 aliphatic heterocycles. The Morgan fingerprint density at radius 1 is 1.36 bits per heavy atom. The number of aliphatic imine (C=N–C) groups is 1. The summed E-state index contributed by atoms with van der Waals surface area (Å²) in [4.78, 5) is 52.2. The third-order valence-electron chi connectivity index (χ3n) is 4.80. The lowest BCUT2D eigenvalue weighted by atomic mass is 10.1. The van der Waals surface area contributed by atoms with Crippen molar-refractivity contribution in [3.8, 4) is 0 Å². The minimum Gasteiger partial charge on any atom is -0.366 e. The molecule has 0 bridgehead atoms. The summed E-state index contributed by atoms with van der Waals surface area (Å²) < 4.78 is 0. The van der Waals surface area contributed by atoms with Crippen molar-refractivity contribution >= 4 is 34.9 Å². The van der Waals surface area contributed by atoms with E-state index in [1.54, 1.807) is 12.1 Å². The highest BCUT2D eigenvalue weighted by Gasteiger charge is 2.27. The molecule has 1 aromatic rings. The standard InChI is InChI=1S/C18H21N5O5/c1-11-16(24)20-15(21-17(11)25)6-7-19-18(26)12-4-5-13(14(10-12)23(27)28)22-8-2-3-9-22/h4-5,10-11H,2-3,6-9H2,1H3,(H,19,26)(H,20,21,24,25). The molecule has 0 aliphatic carbocycles. The van der Waals surface area contributed by atoms with E-state index >= 15 is 0 Å². The van der Waals surface area contributed by atoms with Gasteiger partial charge in [0.2, 0.25) is 5.91 Å². The van der Waals surface area contributed by atoms with Gasteiger partial charge in [0, 0.05) is 37.7 Å². The molecule has 0 radical (unpaired) electrons. The fourth-order valence-electron chi connectivity index (χ4n) is 3.17. The molecule has 0 saturated carbocycles. The minimum absolute atomic E-state index is 0.0990. The van der Waals surface area contributed by atoms with E-state index in [9.17, 15) is 24.5 Å². The molecule has 0 aromatic heterocycles. The Labute approximate surface area is 161 Å². The van der Waals surface area contributed by atoms with Gasteiger partial charge in [-0.15, -0.1) is 0 Å². The molecule has 0 unspecified atom stereocenters. The van der Waals surface area contributed by atoms with Crippen molar-refractivity contribution in [3.05, 3.63) is 33.9 Å². The van der Waals surface area contributed by atoms with Gasteiger partial charge in [0.05, 0.1) is 4.92 Å². The molecule has 3 rings (SSSR count). The van der Waals surface area contributed by atoms with Crippen molar-refractivity contribution in [3.63, 3.8) is 0 Å². The average molecular weight is 387 g/mol. The number of nitrogens with one attached hydrogen (secondary N) is 2. The Kier molecular flexibility index (Phi) is 5.67. The number of benzene rings is 1. The lowest BCUT2D eigenvalue weighted by molar-refractivity contribution is -0.384. The predicted molar refractivity (Wildman–Crippen MR) is 101 cm³/mol. The van der Waals surface area contributed by atoms with Crippen LogP contribution in [0.5, 0.6) is 0 Å². The maximum absolute atomic E-state index is 12.3. The van der Waals surface area contributed by atoms with Gasteiger partial charge in [-0.3, -0.25) is 24.5 Å². The molecule has 0 spiro atoms. The maximum Gasteiger partial charge on any atom is 0.293 e. The van der Waals surface area contributed by atoms with E-state index in [-0.39, 0.29) is 30.1 Å². The molecule has 28 heavy (non-hydrogen) atoms. The summed E-state index contributed by atoms with van der Waals surface area (Å²) >= 11 is 0. The Morgan fingerprint density at radius 2 is 2.07 bits per heavy atom. The van der Waals surface area contributed by atoms with E-state index in [0.717, 1.165) is 25.9 Å². The molecule has 2 heterocycles. The molecule has 1 aromatic carbocycles. The third-order valence-corrected chi connectivity index (χ3v) is 4.80. The smallest absolute Gasteiger partial charge is 0.293 e. The van der Waals surface area contributed by atoms with Crippen LogP contribution < -0.4 is 15.5 Å². The van der Waals surface area contributed by atoms with Crippen LogP contribution in [0.3, 0.4) is 0 Å². The molecule has 3 amide bonds. The van der Waals surface area contributed by atoms with Crippen LogP contribution in [0.15, 0.2) is 23.2 Å². The molecule has 2 aliphatic rings. The first kappa shape index (κ1) is 19.5. The van der Waals surface area contributed by atoms with Crippen molar-refractivity contribution in [2.75, 3.05) is 24.5 Å². The highest BCUT2D eigenvalue weighted by Crippen LogP contribution is 2.31. The largest absolute Gasteiger partial charge is 0.366 e. The van der Waals surface area contributed by atoms with Crippen LogP contribution in [0.4, 0.5) is 11.4 Å². The number of amidine groups is 1. The van der Waals surface area contributed by atoms with Gasteiger partial charge in [-0.2, -0.15) is 4.99 Å². The van der Waals surface area contributed by atoms with Gasteiger partial charge >= 0.3 is 0 Å². The van der Waals surface area contributed by atoms with Gasteiger partial charge in [0.1, 0.15) is 17.4 Å². The topological polar surface area (TPSA) is 134 Å². The van der Waals surface area contributed by atoms with Gasteiger partial charge < -0.3 is 15.5 Å². The molecule has 10 heteroatoms. The fraction of sp³-hybridized carbons (Fsp3) is 0.444. The highest BCUT2D eigenvalue weighted by molar-refractivity contribution is 6.15. The monoisotopic (exact) mass is 387 g/mol. The first-order chi connectivity index (χ1) is 13.4. The number of hydrogen-bond donors (Lipinski definition) is 2. The van der Waals surface area contributed by atoms with Crippen LogP contribution in [-0.4, -0.2) is 48.1 Å². The SMILES string of the molecule is C[C@H]1C(=O)N=C(CCNC(=O)c2ccc(N3CCCC3)c([N+](=O)[O-])c2)NC1=O. The zero-order chi connectivity index (χ0) is 20.3. The van der Waals surface area contributed by atoms with Crippen LogP contribution in [-0.2, 0) is 9.59 Å². The fourth-order valence-corrected chi connectivity index (χ4v) is 3.17. The number of hydrogen-bond acceptors (Lipinski definition) is 6. The molecule has 10 nitrogen and oxygen atoms in total. The van der Waals surface area contributed by atoms with Gasteiger partial charge in [0.15, 0.2) is 0 Å². The van der Waals surface area contributed by atoms with E-state index < -0.39 is 28.6 Å². The first-order valence-corrected chi connectivity index (χ1v) is 9.10. The minimum atomic E-state index is -0.812. The number of anilines is 1. The van der Waals surface area contributed by atoms with Crippen molar-refractivity contribution in [2.45, 2.75) is 26.2 Å². The van der Waals surface area contributed by atoms with Gasteiger partial charge in [-0.25, -0.2) is 0 Å². The van der Waals surface area contributed by atoms with Gasteiger partial charge in [-0.05, 0) is 31.9 Å². The normalized spacial score (nSPS) is 19.2. The van der Waals surface area contributed by atoms with Crippen LogP contribution in [0, 0.1) is 16.0 Å². The van der Waals surface area contributed by atoms with Gasteiger partial charge in [0.25, 0.3) is 17.5 Å². The van der Waals surface area contributed by atoms with Crippen molar-refractivity contribution in [1.82, 2.24) is 10.6 Å². The summed E-state index contributed by atoms with van der Waals surface area (Å²) in [6.45, 7) is 3.12. The van der Waals surface area contributed by atoms with Crippen LogP contribution in [0.1, 0.15) is 36.5 Å². The molecular weight excluding hydrogens is 366 g/mol. The highest BCUT2D eigenvalue weighted by atomic mass is 16.6. The summed E-state index contributed by atoms with van der Waals surface area (Å²) in [7, 11) is 0. The van der Waals surface area contributed by atoms with Crippen LogP contribution >= 0.6 is 0 Å². The lowest BCUT2D eigenvalue weighted by Crippen LogP contribution is -2.43. The van der Waals surface area contributed by atoms with E-state index in [1.165, 1.54) is 13.0 Å². The van der Waals surface area contributed by atoms with Gasteiger partial charge in [-0.1, -0.05) is 0 Å². The molecular formula is C18H21N5O5. The molecule has 2 N–H and O–H groups in total. The number of nitro groups is 1. The number of carbonyl (C=O) groups excluding carboxylic acids is 3. The van der Waals surface area contributed by atoms with Crippen molar-refractivity contribution in [1.29, 1.82) is 0 Å². The second-order valence-corrected chi connectivity index (χ2v) is 6.77. The number of rotatable bonds is 6. The Bertz CT molecular complexity index is 860. The molecule has 1 saturated heterocycles. The van der Waals surface area contributed by atoms with E-state index in [2.05, 4.69) is 15.6 Å². The maximum atomic E-state index is 12.3. The Morgan fingerprint density at radius 3 is 2.71 bits per heavy atom. The number of carbonyl (C=O) groups is 3. The summed E-state index contributed by atoms with van der Waals surface area (Å²) in [5.74, 6) is -2.03. The Hall–Kier alpha value is -3.30. The quantitative estimate of drug-likeness (QED) is 0.425. The van der Waals surface area contributed by atoms with E-state index in [0.29, 0.717) is 5.69 Å². The molecule has 148 valence electrons. The van der Waals surface area contributed by atoms with Crippen molar-refractivity contribution in [2.24, 2.45) is 10.9 Å². The zero-order valence-electron chi connectivity index (χ0n) is 15.4. The van der Waals surface area contributed by atoms with Crippen molar-refractivity contribution < 1.29 is 19.3 Å². The third kappa shape index (κ3) is 4.16. The Balaban J connectivity index is 1.63.